The van der Waals surface area contributed by atoms with E-state index in [0.29, 0.717) is 22.7 Å². The number of nitrogens with zero attached hydrogens (tertiary/aromatic N) is 3. The van der Waals surface area contributed by atoms with Crippen LogP contribution in [0.4, 0.5) is 5.69 Å². The minimum atomic E-state index is -0.473. The summed E-state index contributed by atoms with van der Waals surface area (Å²) in [4.78, 5) is 22.9. The Morgan fingerprint density at radius 1 is 1.12 bits per heavy atom. The molecule has 3 aromatic carbocycles. The number of non-ortho nitro benzene ring substituents is 1. The molecule has 0 aliphatic rings. The number of nitro benzene ring substituents is 1. The highest BCUT2D eigenvalue weighted by atomic mass is 16.6. The summed E-state index contributed by atoms with van der Waals surface area (Å²) in [5.74, 6) is 0.179. The number of nitro groups is 1. The van der Waals surface area contributed by atoms with Crippen molar-refractivity contribution >= 4 is 28.1 Å². The van der Waals surface area contributed by atoms with Gasteiger partial charge in [-0.2, -0.15) is 10.2 Å². The quantitative estimate of drug-likeness (QED) is 0.269. The van der Waals surface area contributed by atoms with Crippen LogP contribution >= 0.6 is 0 Å². The summed E-state index contributed by atoms with van der Waals surface area (Å²) in [7, 11) is 1.59. The van der Waals surface area contributed by atoms with Gasteiger partial charge in [0.2, 0.25) is 0 Å². The lowest BCUT2D eigenvalue weighted by Gasteiger charge is -2.09. The average Bonchev–Trinajstić information content (AvgIpc) is 3.31. The Balaban J connectivity index is 1.57. The monoisotopic (exact) mass is 429 g/mol. The van der Waals surface area contributed by atoms with E-state index in [-0.39, 0.29) is 11.4 Å². The van der Waals surface area contributed by atoms with Crippen LogP contribution in [0.25, 0.3) is 22.0 Å². The van der Waals surface area contributed by atoms with Crippen LogP contribution in [0.15, 0.2) is 71.8 Å². The van der Waals surface area contributed by atoms with E-state index in [1.54, 1.807) is 32.2 Å². The minimum Gasteiger partial charge on any atom is -0.496 e. The van der Waals surface area contributed by atoms with Crippen molar-refractivity contribution in [3.8, 4) is 17.0 Å². The van der Waals surface area contributed by atoms with Crippen LogP contribution in [-0.4, -0.2) is 33.8 Å². The van der Waals surface area contributed by atoms with Gasteiger partial charge in [-0.1, -0.05) is 30.3 Å². The first-order valence-corrected chi connectivity index (χ1v) is 9.69. The molecule has 9 nitrogen and oxygen atoms in total. The van der Waals surface area contributed by atoms with Crippen LogP contribution in [0.3, 0.4) is 0 Å². The molecular formula is C23H19N5O4. The Morgan fingerprint density at radius 2 is 1.88 bits per heavy atom. The number of H-pyrrole nitrogens is 1. The molecule has 0 aliphatic carbocycles. The zero-order chi connectivity index (χ0) is 22.7. The summed E-state index contributed by atoms with van der Waals surface area (Å²) in [5.41, 5.74) is 5.21. The van der Waals surface area contributed by atoms with Gasteiger partial charge in [-0.05, 0) is 47.5 Å². The number of amides is 1. The molecule has 2 N–H and O–H groups in total. The summed E-state index contributed by atoms with van der Waals surface area (Å²) in [6, 6.07) is 19.2. The molecule has 160 valence electrons. The van der Waals surface area contributed by atoms with Crippen LogP contribution in [0.2, 0.25) is 0 Å². The van der Waals surface area contributed by atoms with E-state index in [2.05, 4.69) is 20.7 Å². The molecule has 0 aliphatic heterocycles. The van der Waals surface area contributed by atoms with Gasteiger partial charge < -0.3 is 4.74 Å². The van der Waals surface area contributed by atoms with Gasteiger partial charge in [0.25, 0.3) is 11.6 Å². The van der Waals surface area contributed by atoms with Crippen LogP contribution in [0, 0.1) is 10.1 Å². The number of fused-ring (bicyclic) bond motifs is 1. The molecule has 1 aromatic heterocycles. The Labute approximate surface area is 182 Å². The van der Waals surface area contributed by atoms with E-state index in [9.17, 15) is 14.9 Å². The lowest BCUT2D eigenvalue weighted by Crippen LogP contribution is -2.19. The molecule has 0 spiro atoms. The molecule has 0 radical (unpaired) electrons. The van der Waals surface area contributed by atoms with Gasteiger partial charge in [0.15, 0.2) is 0 Å². The van der Waals surface area contributed by atoms with E-state index in [4.69, 9.17) is 4.74 Å². The smallest absolute Gasteiger partial charge is 0.289 e. The Morgan fingerprint density at radius 3 is 2.59 bits per heavy atom. The molecule has 32 heavy (non-hydrogen) atoms. The predicted octanol–water partition coefficient (Wildman–Crippen LogP) is 4.30. The number of ether oxygens (including phenoxy) is 1. The van der Waals surface area contributed by atoms with Crippen molar-refractivity contribution in [3.05, 3.63) is 88.1 Å². The van der Waals surface area contributed by atoms with Crippen molar-refractivity contribution in [2.75, 3.05) is 7.11 Å². The van der Waals surface area contributed by atoms with Gasteiger partial charge >= 0.3 is 0 Å². The number of methoxy groups -OCH3 is 1. The first-order chi connectivity index (χ1) is 15.5. The number of carbonyl (C=O) groups excluding carboxylic acids is 1. The molecule has 0 saturated heterocycles. The maximum atomic E-state index is 12.6. The summed E-state index contributed by atoms with van der Waals surface area (Å²) >= 11 is 0. The lowest BCUT2D eigenvalue weighted by atomic mass is 10.0. The molecule has 0 unspecified atom stereocenters. The molecule has 0 fully saturated rings. The zero-order valence-electron chi connectivity index (χ0n) is 17.3. The third-order valence-corrected chi connectivity index (χ3v) is 5.01. The summed E-state index contributed by atoms with van der Waals surface area (Å²) < 4.78 is 5.51. The van der Waals surface area contributed by atoms with E-state index in [1.807, 2.05) is 36.4 Å². The number of hydrogen-bond acceptors (Lipinski definition) is 6. The predicted molar refractivity (Wildman–Crippen MR) is 121 cm³/mol. The van der Waals surface area contributed by atoms with Crippen LogP contribution < -0.4 is 10.2 Å². The Bertz CT molecular complexity index is 1340. The van der Waals surface area contributed by atoms with Crippen molar-refractivity contribution in [2.45, 2.75) is 6.92 Å². The topological polar surface area (TPSA) is 123 Å². The lowest BCUT2D eigenvalue weighted by molar-refractivity contribution is -0.384. The summed E-state index contributed by atoms with van der Waals surface area (Å²) in [5, 5.41) is 23.9. The number of nitrogens with one attached hydrogen (secondary N) is 2. The van der Waals surface area contributed by atoms with Gasteiger partial charge in [0, 0.05) is 12.1 Å². The number of aromatic amines is 1. The van der Waals surface area contributed by atoms with Crippen molar-refractivity contribution in [1.82, 2.24) is 15.6 Å². The molecule has 1 amide bonds. The first kappa shape index (κ1) is 20.7. The number of carbonyl (C=O) groups is 1. The van der Waals surface area contributed by atoms with E-state index >= 15 is 0 Å². The Hall–Kier alpha value is -4.53. The molecule has 4 rings (SSSR count). The highest BCUT2D eigenvalue weighted by Crippen LogP contribution is 2.36. The molecule has 0 atom stereocenters. The van der Waals surface area contributed by atoms with Crippen molar-refractivity contribution in [3.63, 3.8) is 0 Å². The molecule has 1 heterocycles. The number of rotatable bonds is 6. The standard InChI is InChI=1S/C23H19N5O4/c1-14(15-7-10-17(11-8-15)28(30)31)24-27-23(29)20-13-19(25-26-20)22-18-6-4-3-5-16(18)9-12-21(22)32-2/h3-13H,1-2H3,(H,25,26)(H,27,29). The molecule has 0 saturated carbocycles. The highest BCUT2D eigenvalue weighted by Gasteiger charge is 2.16. The number of aromatic nitrogens is 2. The van der Waals surface area contributed by atoms with Crippen LogP contribution in [-0.2, 0) is 0 Å². The molecule has 9 heteroatoms. The highest BCUT2D eigenvalue weighted by molar-refractivity contribution is 6.02. The fraction of sp³-hybridized carbons (Fsp3) is 0.0870. The average molecular weight is 429 g/mol. The van der Waals surface area contributed by atoms with E-state index in [0.717, 1.165) is 16.3 Å². The van der Waals surface area contributed by atoms with Gasteiger partial charge in [-0.15, -0.1) is 0 Å². The van der Waals surface area contributed by atoms with Gasteiger partial charge in [0.05, 0.1) is 29.0 Å². The third kappa shape index (κ3) is 4.04. The third-order valence-electron chi connectivity index (χ3n) is 5.01. The largest absolute Gasteiger partial charge is 0.496 e. The van der Waals surface area contributed by atoms with Crippen LogP contribution in [0.5, 0.6) is 5.75 Å². The van der Waals surface area contributed by atoms with Gasteiger partial charge in [0.1, 0.15) is 11.4 Å². The molecule has 4 aromatic rings. The SMILES string of the molecule is COc1ccc2ccccc2c1-c1cc(C(=O)NN=C(C)c2ccc([N+](=O)[O-])cc2)[nH]n1. The normalized spacial score (nSPS) is 11.4. The number of hydrogen-bond donors (Lipinski definition) is 2. The van der Waals surface area contributed by atoms with E-state index < -0.39 is 10.8 Å². The maximum absolute atomic E-state index is 12.6. The van der Waals surface area contributed by atoms with Crippen molar-refractivity contribution in [2.24, 2.45) is 5.10 Å². The second kappa shape index (κ2) is 8.68. The van der Waals surface area contributed by atoms with Gasteiger partial charge in [-0.3, -0.25) is 20.0 Å². The zero-order valence-corrected chi connectivity index (χ0v) is 17.3. The van der Waals surface area contributed by atoms with Crippen molar-refractivity contribution < 1.29 is 14.5 Å². The molecular weight excluding hydrogens is 410 g/mol. The van der Waals surface area contributed by atoms with Crippen LogP contribution in [0.1, 0.15) is 23.0 Å². The fourth-order valence-electron chi connectivity index (χ4n) is 3.34. The van der Waals surface area contributed by atoms with Gasteiger partial charge in [-0.25, -0.2) is 5.43 Å². The van der Waals surface area contributed by atoms with Crippen molar-refractivity contribution in [1.29, 1.82) is 0 Å². The minimum absolute atomic E-state index is 0.0144. The summed E-state index contributed by atoms with van der Waals surface area (Å²) in [6.07, 6.45) is 0. The first-order valence-electron chi connectivity index (χ1n) is 9.69. The second-order valence-corrected chi connectivity index (χ2v) is 6.97. The summed E-state index contributed by atoms with van der Waals surface area (Å²) in [6.45, 7) is 1.70. The Kier molecular flexibility index (Phi) is 5.63. The number of benzene rings is 3. The maximum Gasteiger partial charge on any atom is 0.289 e. The molecule has 0 bridgehead atoms. The number of hydrazone groups is 1. The van der Waals surface area contributed by atoms with E-state index in [1.165, 1.54) is 12.1 Å². The second-order valence-electron chi connectivity index (χ2n) is 6.97. The fourth-order valence-corrected chi connectivity index (χ4v) is 3.34.